The van der Waals surface area contributed by atoms with Gasteiger partial charge in [-0.2, -0.15) is 0 Å². The van der Waals surface area contributed by atoms with Crippen molar-refractivity contribution in [3.63, 3.8) is 0 Å². The van der Waals surface area contributed by atoms with E-state index in [4.69, 9.17) is 9.47 Å². The summed E-state index contributed by atoms with van der Waals surface area (Å²) in [5, 5.41) is 5.02. The first-order valence-electron chi connectivity index (χ1n) is 15.8. The van der Waals surface area contributed by atoms with Crippen molar-refractivity contribution in [3.05, 3.63) is 29.3 Å². The second-order valence-electron chi connectivity index (χ2n) is 12.7. The lowest BCUT2D eigenvalue weighted by molar-refractivity contribution is -0.160. The van der Waals surface area contributed by atoms with Crippen molar-refractivity contribution in [2.75, 3.05) is 13.2 Å². The molecule has 0 aromatic heterocycles. The monoisotopic (exact) mass is 627 g/mol. The lowest BCUT2D eigenvalue weighted by Crippen LogP contribution is -2.54. The van der Waals surface area contributed by atoms with Crippen molar-refractivity contribution < 1.29 is 43.0 Å². The Morgan fingerprint density at radius 2 is 1.64 bits per heavy atom. The van der Waals surface area contributed by atoms with Crippen LogP contribution in [0.1, 0.15) is 119 Å². The zero-order valence-electron chi connectivity index (χ0n) is 26.7. The molecule has 2 aliphatic heterocycles. The first kappa shape index (κ1) is 35.4. The number of unbranched alkanes of at least 4 members (excludes halogenated alkanes) is 6. The third-order valence-corrected chi connectivity index (χ3v) is 7.57. The normalized spacial score (nSPS) is 17.1. The number of nitrogens with one attached hydrogen (secondary N) is 2. The van der Waals surface area contributed by atoms with Gasteiger partial charge in [-0.1, -0.05) is 45.1 Å². The molecule has 1 aromatic rings. The molecule has 1 saturated heterocycles. The van der Waals surface area contributed by atoms with Gasteiger partial charge in [0.1, 0.15) is 24.0 Å². The van der Waals surface area contributed by atoms with E-state index in [9.17, 15) is 33.6 Å². The van der Waals surface area contributed by atoms with Crippen molar-refractivity contribution in [3.8, 4) is 5.75 Å². The Balaban J connectivity index is 1.27. The van der Waals surface area contributed by atoms with E-state index in [1.54, 1.807) is 33.8 Å². The van der Waals surface area contributed by atoms with Gasteiger partial charge < -0.3 is 14.8 Å². The molecule has 0 aliphatic carbocycles. The maximum absolute atomic E-state index is 13.1. The molecule has 0 radical (unpaired) electrons. The van der Waals surface area contributed by atoms with E-state index in [2.05, 4.69) is 10.6 Å². The second-order valence-corrected chi connectivity index (χ2v) is 12.7. The average Bonchev–Trinajstić information content (AvgIpc) is 3.21. The van der Waals surface area contributed by atoms with Gasteiger partial charge in [0.15, 0.2) is 5.78 Å². The third kappa shape index (κ3) is 10.5. The molecule has 1 aromatic carbocycles. The fourth-order valence-electron chi connectivity index (χ4n) is 5.23. The van der Waals surface area contributed by atoms with E-state index in [0.717, 1.165) is 43.4 Å². The predicted molar refractivity (Wildman–Crippen MR) is 163 cm³/mol. The largest absolute Gasteiger partial charge is 0.485 e. The quantitative estimate of drug-likeness (QED) is 0.149. The number of piperidine rings is 1. The number of nitrogens with zero attached hydrogens (tertiary/aromatic N) is 1. The van der Waals surface area contributed by atoms with Crippen molar-refractivity contribution in [1.29, 1.82) is 0 Å². The smallest absolute Gasteiger partial charge is 0.309 e. The Kier molecular flexibility index (Phi) is 12.8. The highest BCUT2D eigenvalue weighted by Crippen LogP contribution is 2.33. The molecule has 1 fully saturated rings. The van der Waals surface area contributed by atoms with Gasteiger partial charge in [-0.05, 0) is 52.2 Å². The Morgan fingerprint density at radius 1 is 0.978 bits per heavy atom. The highest BCUT2D eigenvalue weighted by Gasteiger charge is 2.46. The van der Waals surface area contributed by atoms with Crippen molar-refractivity contribution >= 4 is 41.3 Å². The van der Waals surface area contributed by atoms with Crippen LogP contribution in [0.4, 0.5) is 0 Å². The fourth-order valence-corrected chi connectivity index (χ4v) is 5.23. The predicted octanol–water partition coefficient (Wildman–Crippen LogP) is 3.64. The van der Waals surface area contributed by atoms with Crippen LogP contribution >= 0.6 is 0 Å². The summed E-state index contributed by atoms with van der Waals surface area (Å²) in [5.74, 6) is -3.48. The molecular formula is C33H45N3O9. The molecule has 2 atom stereocenters. The summed E-state index contributed by atoms with van der Waals surface area (Å²) in [6.45, 7) is 7.40. The van der Waals surface area contributed by atoms with E-state index in [1.807, 2.05) is 0 Å². The average molecular weight is 628 g/mol. The van der Waals surface area contributed by atoms with Gasteiger partial charge in [0.2, 0.25) is 17.7 Å². The minimum Gasteiger partial charge on any atom is -0.485 e. The highest BCUT2D eigenvalue weighted by atomic mass is 16.6. The lowest BCUT2D eigenvalue weighted by atomic mass is 10.0. The van der Waals surface area contributed by atoms with Gasteiger partial charge in [0, 0.05) is 25.8 Å². The number of carbonyl (C=O) groups is 7. The highest BCUT2D eigenvalue weighted by molar-refractivity contribution is 6.24. The molecule has 0 saturated carbocycles. The van der Waals surface area contributed by atoms with Crippen molar-refractivity contribution in [2.45, 2.75) is 110 Å². The van der Waals surface area contributed by atoms with E-state index in [1.165, 1.54) is 12.1 Å². The Labute approximate surface area is 263 Å². The summed E-state index contributed by atoms with van der Waals surface area (Å²) in [7, 11) is 0. The van der Waals surface area contributed by atoms with E-state index in [0.29, 0.717) is 19.4 Å². The standard InChI is InChI=1S/C33H45N3O9/c1-21(32(43)45-33(2,3)4)19-27(39)34-18-11-9-7-5-6-8-10-13-22(37)20-44-25-15-12-14-23-28(25)31(42)36(30(23)41)24-16-17-26(38)35-29(24)40/h12,14-15,21,24H,5-11,13,16-20H2,1-4H3,(H,34,39)(H,35,38,40)/t21-,24?/m0/s1. The number of hydrogen-bond donors (Lipinski definition) is 2. The molecular weight excluding hydrogens is 582 g/mol. The van der Waals surface area contributed by atoms with Crippen molar-refractivity contribution in [2.24, 2.45) is 5.92 Å². The van der Waals surface area contributed by atoms with Crippen LogP contribution in [0.5, 0.6) is 5.75 Å². The number of benzene rings is 1. The van der Waals surface area contributed by atoms with E-state index in [-0.39, 0.29) is 60.4 Å². The molecule has 45 heavy (non-hydrogen) atoms. The van der Waals surface area contributed by atoms with Crippen molar-refractivity contribution in [1.82, 2.24) is 15.5 Å². The molecule has 1 unspecified atom stereocenters. The minimum absolute atomic E-state index is 0.0231. The van der Waals surface area contributed by atoms with Gasteiger partial charge in [0.05, 0.1) is 17.0 Å². The zero-order chi connectivity index (χ0) is 33.1. The summed E-state index contributed by atoms with van der Waals surface area (Å²) in [4.78, 5) is 87.2. The molecule has 246 valence electrons. The maximum atomic E-state index is 13.1. The Morgan fingerprint density at radius 3 is 2.31 bits per heavy atom. The summed E-state index contributed by atoms with van der Waals surface area (Å²) < 4.78 is 11.0. The van der Waals surface area contributed by atoms with Crippen LogP contribution in [-0.2, 0) is 28.7 Å². The van der Waals surface area contributed by atoms with Crippen LogP contribution in [0.3, 0.4) is 0 Å². The molecule has 0 bridgehead atoms. The molecule has 5 amide bonds. The van der Waals surface area contributed by atoms with Gasteiger partial charge in [-0.15, -0.1) is 0 Å². The van der Waals surface area contributed by atoms with Crippen LogP contribution in [0.2, 0.25) is 0 Å². The summed E-state index contributed by atoms with van der Waals surface area (Å²) in [5.41, 5.74) is -0.451. The number of Topliss-reactive ketones (excluding diaryl/α,β-unsaturated/α-hetero) is 1. The number of ether oxygens (including phenoxy) is 2. The number of hydrogen-bond acceptors (Lipinski definition) is 9. The molecule has 3 rings (SSSR count). The minimum atomic E-state index is -1.07. The first-order chi connectivity index (χ1) is 21.3. The van der Waals surface area contributed by atoms with Gasteiger partial charge in [-0.25, -0.2) is 0 Å². The number of ketones is 1. The number of rotatable bonds is 17. The van der Waals surface area contributed by atoms with Crippen LogP contribution in [0.15, 0.2) is 18.2 Å². The molecule has 2 aliphatic rings. The number of esters is 1. The maximum Gasteiger partial charge on any atom is 0.309 e. The van der Waals surface area contributed by atoms with Gasteiger partial charge in [0.25, 0.3) is 11.8 Å². The molecule has 2 N–H and O–H groups in total. The molecule has 2 heterocycles. The fraction of sp³-hybridized carbons (Fsp3) is 0.606. The summed E-state index contributed by atoms with van der Waals surface area (Å²) in [6, 6.07) is 3.47. The Hall–Kier alpha value is -4.09. The van der Waals surface area contributed by atoms with E-state index < -0.39 is 41.2 Å². The number of carbonyl (C=O) groups excluding carboxylic acids is 7. The first-order valence-corrected chi connectivity index (χ1v) is 15.8. The number of fused-ring (bicyclic) bond motifs is 1. The number of imide groups is 2. The van der Waals surface area contributed by atoms with Crippen LogP contribution < -0.4 is 15.4 Å². The second kappa shape index (κ2) is 16.3. The Bertz CT molecular complexity index is 1300. The molecule has 12 heteroatoms. The topological polar surface area (TPSA) is 165 Å². The van der Waals surface area contributed by atoms with Gasteiger partial charge in [-0.3, -0.25) is 43.8 Å². The number of amides is 5. The molecule has 12 nitrogen and oxygen atoms in total. The lowest BCUT2D eigenvalue weighted by Gasteiger charge is -2.27. The zero-order valence-corrected chi connectivity index (χ0v) is 26.7. The third-order valence-electron chi connectivity index (χ3n) is 7.57. The van der Waals surface area contributed by atoms with Gasteiger partial charge >= 0.3 is 5.97 Å². The van der Waals surface area contributed by atoms with Crippen LogP contribution in [-0.4, -0.2) is 71.0 Å². The summed E-state index contributed by atoms with van der Waals surface area (Å²) in [6.07, 6.45) is 6.96. The van der Waals surface area contributed by atoms with Crippen LogP contribution in [0, 0.1) is 5.92 Å². The molecule has 0 spiro atoms. The SMILES string of the molecule is C[C@@H](CC(=O)NCCCCCCCCCC(=O)COc1cccc2c1C(=O)N(C1CCC(=O)NC1=O)C2=O)C(=O)OC(C)(C)C. The van der Waals surface area contributed by atoms with E-state index >= 15 is 0 Å². The summed E-state index contributed by atoms with van der Waals surface area (Å²) >= 11 is 0. The van der Waals surface area contributed by atoms with Crippen LogP contribution in [0.25, 0.3) is 0 Å².